The van der Waals surface area contributed by atoms with E-state index in [1.54, 1.807) is 11.3 Å². The summed E-state index contributed by atoms with van der Waals surface area (Å²) >= 11 is 7.77. The quantitative estimate of drug-likeness (QED) is 0.187. The molecule has 0 unspecified atom stereocenters. The number of thiophene rings is 3. The van der Waals surface area contributed by atoms with Crippen molar-refractivity contribution in [2.24, 2.45) is 0 Å². The highest BCUT2D eigenvalue weighted by atomic mass is 127. The summed E-state index contributed by atoms with van der Waals surface area (Å²) in [7, 11) is 0. The Morgan fingerprint density at radius 2 is 1.24 bits per heavy atom. The van der Waals surface area contributed by atoms with Gasteiger partial charge in [0.2, 0.25) is 0 Å². The molecule has 4 aromatic rings. The fraction of sp³-hybridized carbons (Fsp3) is 0. The maximum atomic E-state index is 5.70. The minimum Gasteiger partial charge on any atom is -0.399 e. The lowest BCUT2D eigenvalue weighted by molar-refractivity contribution is 1.63. The first-order valence-corrected chi connectivity index (χ1v) is 11.0. The van der Waals surface area contributed by atoms with Gasteiger partial charge in [0.25, 0.3) is 0 Å². The Hall–Kier alpha value is -1.59. The number of halogens is 1. The second-order valence-electron chi connectivity index (χ2n) is 5.30. The number of anilines is 1. The van der Waals surface area contributed by atoms with Gasteiger partial charge in [0.15, 0.2) is 0 Å². The molecular weight excluding hydrogens is 477 g/mol. The largest absolute Gasteiger partial charge is 0.399 e. The van der Waals surface area contributed by atoms with Crippen molar-refractivity contribution in [1.82, 2.24) is 0 Å². The van der Waals surface area contributed by atoms with Crippen molar-refractivity contribution in [3.8, 4) is 31.3 Å². The molecule has 2 N–H and O–H groups in total. The van der Waals surface area contributed by atoms with E-state index in [4.69, 9.17) is 5.73 Å². The topological polar surface area (TPSA) is 26.0 Å². The van der Waals surface area contributed by atoms with Crippen molar-refractivity contribution >= 4 is 62.3 Å². The van der Waals surface area contributed by atoms with Crippen LogP contribution in [0.15, 0.2) is 60.7 Å². The normalized spacial score (nSPS) is 10.4. The lowest BCUT2D eigenvalue weighted by atomic mass is 10.2. The van der Waals surface area contributed by atoms with E-state index in [2.05, 4.69) is 70.8 Å². The lowest BCUT2D eigenvalue weighted by Crippen LogP contribution is -1.82. The van der Waals surface area contributed by atoms with Crippen molar-refractivity contribution in [1.29, 1.82) is 0 Å². The van der Waals surface area contributed by atoms with E-state index < -0.39 is 0 Å². The monoisotopic (exact) mass is 489 g/mol. The second kappa shape index (κ2) is 7.34. The number of nitrogens with two attached hydrogens (primary N) is 1. The first-order chi connectivity index (χ1) is 12.2. The molecule has 0 aliphatic rings. The van der Waals surface area contributed by atoms with Gasteiger partial charge in [-0.1, -0.05) is 11.8 Å². The highest BCUT2D eigenvalue weighted by Gasteiger charge is 2.08. The summed E-state index contributed by atoms with van der Waals surface area (Å²) in [4.78, 5) is 6.30. The van der Waals surface area contributed by atoms with E-state index in [0.29, 0.717) is 0 Å². The maximum absolute atomic E-state index is 5.70. The van der Waals surface area contributed by atoms with Gasteiger partial charge in [0.05, 0.1) is 7.76 Å². The van der Waals surface area contributed by atoms with E-state index in [9.17, 15) is 0 Å². The van der Waals surface area contributed by atoms with Crippen LogP contribution in [-0.4, -0.2) is 0 Å². The predicted octanol–water partition coefficient (Wildman–Crippen LogP) is 6.79. The van der Waals surface area contributed by atoms with Crippen molar-refractivity contribution in [2.45, 2.75) is 0 Å². The molecule has 1 aromatic carbocycles. The number of hydrogen-bond donors (Lipinski definition) is 1. The summed E-state index contributed by atoms with van der Waals surface area (Å²) in [5, 5.41) is 0. The van der Waals surface area contributed by atoms with E-state index in [0.717, 1.165) is 16.1 Å². The molecule has 0 fully saturated rings. The SMILES string of the molecule is Nc1ccc(C#Cc2ccc(-c3ccc(-c4ccc(I)s4)s3)s2)cc1. The van der Waals surface area contributed by atoms with Gasteiger partial charge in [-0.3, -0.25) is 0 Å². The Balaban J connectivity index is 1.56. The van der Waals surface area contributed by atoms with Gasteiger partial charge in [-0.15, -0.1) is 34.0 Å². The number of rotatable bonds is 2. The molecule has 25 heavy (non-hydrogen) atoms. The molecule has 0 aliphatic carbocycles. The average Bonchev–Trinajstić information content (AvgIpc) is 3.34. The van der Waals surface area contributed by atoms with Crippen LogP contribution in [0.4, 0.5) is 5.69 Å². The average molecular weight is 489 g/mol. The summed E-state index contributed by atoms with van der Waals surface area (Å²) in [6.07, 6.45) is 0. The van der Waals surface area contributed by atoms with E-state index in [1.165, 1.54) is 22.4 Å². The van der Waals surface area contributed by atoms with Crippen LogP contribution in [0.2, 0.25) is 0 Å². The minimum atomic E-state index is 0.762. The van der Waals surface area contributed by atoms with Crippen LogP contribution in [0.5, 0.6) is 0 Å². The zero-order valence-electron chi connectivity index (χ0n) is 13.0. The third-order valence-corrected chi connectivity index (χ3v) is 7.88. The van der Waals surface area contributed by atoms with Gasteiger partial charge in [-0.2, -0.15) is 0 Å². The number of nitrogen functional groups attached to an aromatic ring is 1. The van der Waals surface area contributed by atoms with Gasteiger partial charge in [0.1, 0.15) is 0 Å². The van der Waals surface area contributed by atoms with Crippen molar-refractivity contribution < 1.29 is 0 Å². The molecule has 1 nitrogen and oxygen atoms in total. The Morgan fingerprint density at radius 3 is 1.92 bits per heavy atom. The van der Waals surface area contributed by atoms with Gasteiger partial charge >= 0.3 is 0 Å². The fourth-order valence-corrected chi connectivity index (χ4v) is 5.96. The molecule has 5 heteroatoms. The third kappa shape index (κ3) is 3.98. The molecule has 0 bridgehead atoms. The number of benzene rings is 1. The van der Waals surface area contributed by atoms with E-state index in [1.807, 2.05) is 46.9 Å². The lowest BCUT2D eigenvalue weighted by Gasteiger charge is -1.91. The van der Waals surface area contributed by atoms with Crippen LogP contribution in [0.25, 0.3) is 19.5 Å². The molecule has 0 spiro atoms. The summed E-state index contributed by atoms with van der Waals surface area (Å²) in [6, 6.07) is 20.7. The van der Waals surface area contributed by atoms with Gasteiger partial charge < -0.3 is 5.73 Å². The van der Waals surface area contributed by atoms with Crippen LogP contribution < -0.4 is 5.73 Å². The molecule has 0 aliphatic heterocycles. The summed E-state index contributed by atoms with van der Waals surface area (Å²) in [5.41, 5.74) is 7.45. The molecule has 0 saturated heterocycles. The molecular formula is C20H12INS3. The van der Waals surface area contributed by atoms with Crippen molar-refractivity contribution in [2.75, 3.05) is 5.73 Å². The van der Waals surface area contributed by atoms with E-state index in [-0.39, 0.29) is 0 Å². The smallest absolute Gasteiger partial charge is 0.0779 e. The Kier molecular flexibility index (Phi) is 4.95. The maximum Gasteiger partial charge on any atom is 0.0779 e. The van der Waals surface area contributed by atoms with E-state index >= 15 is 0 Å². The molecule has 3 heterocycles. The summed E-state index contributed by atoms with van der Waals surface area (Å²) in [6.45, 7) is 0. The van der Waals surface area contributed by atoms with Crippen LogP contribution in [-0.2, 0) is 0 Å². The zero-order chi connectivity index (χ0) is 17.2. The standard InChI is InChI=1S/C20H12INS3/c21-20-12-11-19(25-20)18-10-9-17(24-18)16-8-7-15(23-16)6-3-13-1-4-14(22)5-2-13/h1-2,4-5,7-12H,22H2. The molecule has 0 radical (unpaired) electrons. The number of hydrogen-bond acceptors (Lipinski definition) is 4. The summed E-state index contributed by atoms with van der Waals surface area (Å²) < 4.78 is 1.32. The Bertz CT molecular complexity index is 1070. The highest BCUT2D eigenvalue weighted by Crippen LogP contribution is 2.39. The van der Waals surface area contributed by atoms with Gasteiger partial charge in [-0.25, -0.2) is 0 Å². The zero-order valence-corrected chi connectivity index (χ0v) is 17.6. The van der Waals surface area contributed by atoms with Gasteiger partial charge in [0, 0.05) is 30.8 Å². The van der Waals surface area contributed by atoms with Crippen LogP contribution >= 0.6 is 56.6 Å². The van der Waals surface area contributed by atoms with Crippen molar-refractivity contribution in [3.05, 3.63) is 74.0 Å². The molecule has 0 amide bonds. The van der Waals surface area contributed by atoms with Crippen LogP contribution in [0.1, 0.15) is 10.4 Å². The first kappa shape index (κ1) is 16.9. The van der Waals surface area contributed by atoms with Crippen LogP contribution in [0, 0.1) is 14.7 Å². The predicted molar refractivity (Wildman–Crippen MR) is 120 cm³/mol. The molecule has 0 atom stereocenters. The van der Waals surface area contributed by atoms with Crippen LogP contribution in [0.3, 0.4) is 0 Å². The third-order valence-electron chi connectivity index (χ3n) is 3.51. The Labute approximate surface area is 172 Å². The Morgan fingerprint density at radius 1 is 0.640 bits per heavy atom. The highest BCUT2D eigenvalue weighted by molar-refractivity contribution is 14.1. The van der Waals surface area contributed by atoms with Crippen molar-refractivity contribution in [3.63, 3.8) is 0 Å². The summed E-state index contributed by atoms with van der Waals surface area (Å²) in [5.74, 6) is 6.44. The minimum absolute atomic E-state index is 0.762. The van der Waals surface area contributed by atoms with Gasteiger partial charge in [-0.05, 0) is 83.3 Å². The first-order valence-electron chi connectivity index (χ1n) is 7.51. The molecule has 3 aromatic heterocycles. The second-order valence-corrected chi connectivity index (χ2v) is 10.4. The molecule has 122 valence electrons. The molecule has 0 saturated carbocycles. The molecule has 4 rings (SSSR count). The fourth-order valence-electron chi connectivity index (χ4n) is 2.29.